The molecule has 0 unspecified atom stereocenters. The molecule has 1 heterocycles. The molecule has 30 heavy (non-hydrogen) atoms. The zero-order chi connectivity index (χ0) is 21.1. The van der Waals surface area contributed by atoms with Gasteiger partial charge >= 0.3 is 5.97 Å². The average Bonchev–Trinajstić information content (AvgIpc) is 3.38. The third-order valence-electron chi connectivity index (χ3n) is 5.11. The number of para-hydroxylation sites is 2. The van der Waals surface area contributed by atoms with Gasteiger partial charge in [-0.1, -0.05) is 18.2 Å². The van der Waals surface area contributed by atoms with Crippen LogP contribution in [0.25, 0.3) is 16.6 Å². The van der Waals surface area contributed by atoms with Crippen molar-refractivity contribution in [2.45, 2.75) is 32.3 Å². The molecule has 0 saturated carbocycles. The summed E-state index contributed by atoms with van der Waals surface area (Å²) in [5.41, 5.74) is 3.90. The molecule has 1 atom stereocenters. The Morgan fingerprint density at radius 1 is 1.27 bits per heavy atom. The van der Waals surface area contributed by atoms with Crippen LogP contribution in [0.1, 0.15) is 30.3 Å². The fraction of sp³-hybridized carbons (Fsp3) is 0.261. The number of aromatic nitrogens is 2. The van der Waals surface area contributed by atoms with Gasteiger partial charge in [-0.2, -0.15) is 5.26 Å². The molecule has 0 spiro atoms. The molecule has 1 aromatic heterocycles. The summed E-state index contributed by atoms with van der Waals surface area (Å²) < 4.78 is 10.8. The summed E-state index contributed by atoms with van der Waals surface area (Å²) in [4.78, 5) is 19.5. The molecule has 2 aromatic carbocycles. The number of H-pyrrole nitrogens is 1. The average molecular weight is 403 g/mol. The molecule has 0 amide bonds. The predicted octanol–water partition coefficient (Wildman–Crippen LogP) is 3.85. The van der Waals surface area contributed by atoms with E-state index in [0.717, 1.165) is 24.8 Å². The Balaban J connectivity index is 1.41. The second-order valence-corrected chi connectivity index (χ2v) is 7.18. The van der Waals surface area contributed by atoms with Crippen LogP contribution in [0.5, 0.6) is 5.75 Å². The lowest BCUT2D eigenvalue weighted by atomic mass is 10.1. The SMILES string of the molecule is C[C@@H](OC(=O)COc1ccc2c(c1)CCC2)/C(O)=C(\C#N)c1nc2ccccc2[nH]1. The van der Waals surface area contributed by atoms with Gasteiger partial charge in [0, 0.05) is 0 Å². The van der Waals surface area contributed by atoms with Crippen molar-refractivity contribution < 1.29 is 19.4 Å². The highest BCUT2D eigenvalue weighted by atomic mass is 16.6. The van der Waals surface area contributed by atoms with E-state index in [-0.39, 0.29) is 23.8 Å². The summed E-state index contributed by atoms with van der Waals surface area (Å²) in [5.74, 6) is -0.188. The van der Waals surface area contributed by atoms with Crippen molar-refractivity contribution in [3.8, 4) is 11.8 Å². The van der Waals surface area contributed by atoms with Crippen molar-refractivity contribution >= 4 is 22.6 Å². The van der Waals surface area contributed by atoms with Crippen molar-refractivity contribution in [2.24, 2.45) is 0 Å². The summed E-state index contributed by atoms with van der Waals surface area (Å²) in [6.07, 6.45) is 2.21. The van der Waals surface area contributed by atoms with Crippen LogP contribution in [0, 0.1) is 11.3 Å². The number of allylic oxidation sites excluding steroid dienone is 1. The zero-order valence-electron chi connectivity index (χ0n) is 16.5. The van der Waals surface area contributed by atoms with Gasteiger partial charge < -0.3 is 19.6 Å². The predicted molar refractivity (Wildman–Crippen MR) is 111 cm³/mol. The number of nitrogens with zero attached hydrogens (tertiary/aromatic N) is 2. The number of rotatable bonds is 6. The Morgan fingerprint density at radius 2 is 2.07 bits per heavy atom. The number of imidazole rings is 1. The highest BCUT2D eigenvalue weighted by Crippen LogP contribution is 2.26. The lowest BCUT2D eigenvalue weighted by Gasteiger charge is -2.14. The minimum atomic E-state index is -1.02. The minimum Gasteiger partial charge on any atom is -0.507 e. The lowest BCUT2D eigenvalue weighted by molar-refractivity contribution is -0.150. The number of hydrogen-bond acceptors (Lipinski definition) is 6. The van der Waals surface area contributed by atoms with E-state index in [1.165, 1.54) is 18.1 Å². The molecule has 3 aromatic rings. The first-order chi connectivity index (χ1) is 14.5. The summed E-state index contributed by atoms with van der Waals surface area (Å²) in [5, 5.41) is 20.0. The molecule has 0 bridgehead atoms. The van der Waals surface area contributed by atoms with Crippen LogP contribution >= 0.6 is 0 Å². The van der Waals surface area contributed by atoms with Gasteiger partial charge in [0.1, 0.15) is 17.4 Å². The lowest BCUT2D eigenvalue weighted by Crippen LogP contribution is -2.23. The van der Waals surface area contributed by atoms with Crippen molar-refractivity contribution in [3.05, 3.63) is 65.2 Å². The normalized spacial score (nSPS) is 14.5. The maximum Gasteiger partial charge on any atom is 0.344 e. The summed E-state index contributed by atoms with van der Waals surface area (Å²) in [6, 6.07) is 15.0. The summed E-state index contributed by atoms with van der Waals surface area (Å²) in [7, 11) is 0. The van der Waals surface area contributed by atoms with E-state index in [2.05, 4.69) is 9.97 Å². The van der Waals surface area contributed by atoms with Crippen LogP contribution in [0.2, 0.25) is 0 Å². The van der Waals surface area contributed by atoms with Gasteiger partial charge in [-0.25, -0.2) is 9.78 Å². The Kier molecular flexibility index (Phi) is 5.40. The third-order valence-corrected chi connectivity index (χ3v) is 5.11. The summed E-state index contributed by atoms with van der Waals surface area (Å²) in [6.45, 7) is 1.20. The van der Waals surface area contributed by atoms with Crippen LogP contribution < -0.4 is 4.74 Å². The number of carbonyl (C=O) groups excluding carboxylic acids is 1. The number of aliphatic hydroxyl groups excluding tert-OH is 1. The number of nitrogens with one attached hydrogen (secondary N) is 1. The first kappa shape index (κ1) is 19.5. The van der Waals surface area contributed by atoms with Crippen molar-refractivity contribution in [2.75, 3.05) is 6.61 Å². The Labute approximate surface area is 173 Å². The molecule has 152 valence electrons. The number of ether oxygens (including phenoxy) is 2. The van der Waals surface area contributed by atoms with Crippen molar-refractivity contribution in [1.29, 1.82) is 5.26 Å². The monoisotopic (exact) mass is 403 g/mol. The van der Waals surface area contributed by atoms with Gasteiger partial charge in [0.2, 0.25) is 0 Å². The van der Waals surface area contributed by atoms with Gasteiger partial charge in [0.05, 0.1) is 11.0 Å². The van der Waals surface area contributed by atoms with Gasteiger partial charge in [0.25, 0.3) is 0 Å². The topological polar surface area (TPSA) is 108 Å². The van der Waals surface area contributed by atoms with E-state index < -0.39 is 12.1 Å². The molecule has 0 saturated heterocycles. The number of aromatic amines is 1. The Bertz CT molecular complexity index is 1140. The van der Waals surface area contributed by atoms with Gasteiger partial charge in [-0.05, 0) is 61.6 Å². The van der Waals surface area contributed by atoms with E-state index in [1.807, 2.05) is 42.5 Å². The van der Waals surface area contributed by atoms with Crippen LogP contribution in [-0.2, 0) is 22.4 Å². The first-order valence-corrected chi connectivity index (χ1v) is 9.77. The molecule has 0 fully saturated rings. The molecule has 1 aliphatic carbocycles. The highest BCUT2D eigenvalue weighted by molar-refractivity contribution is 5.83. The number of aryl methyl sites for hydroxylation is 2. The van der Waals surface area contributed by atoms with E-state index in [9.17, 15) is 15.2 Å². The van der Waals surface area contributed by atoms with E-state index in [4.69, 9.17) is 9.47 Å². The number of esters is 1. The number of aliphatic hydroxyl groups is 1. The smallest absolute Gasteiger partial charge is 0.344 e. The highest BCUT2D eigenvalue weighted by Gasteiger charge is 2.21. The van der Waals surface area contributed by atoms with Gasteiger partial charge in [-0.15, -0.1) is 0 Å². The largest absolute Gasteiger partial charge is 0.507 e. The number of hydrogen-bond donors (Lipinski definition) is 2. The number of carbonyl (C=O) groups is 1. The van der Waals surface area contributed by atoms with E-state index in [0.29, 0.717) is 11.3 Å². The zero-order valence-corrected chi connectivity index (χ0v) is 16.5. The molecule has 1 aliphatic rings. The van der Waals surface area contributed by atoms with Crippen LogP contribution in [-0.4, -0.2) is 33.8 Å². The van der Waals surface area contributed by atoms with Crippen LogP contribution in [0.3, 0.4) is 0 Å². The van der Waals surface area contributed by atoms with Crippen molar-refractivity contribution in [1.82, 2.24) is 9.97 Å². The van der Waals surface area contributed by atoms with Crippen LogP contribution in [0.4, 0.5) is 0 Å². The fourth-order valence-electron chi connectivity index (χ4n) is 3.57. The third kappa shape index (κ3) is 3.98. The minimum absolute atomic E-state index is 0.0777. The Hall–Kier alpha value is -3.79. The maximum absolute atomic E-state index is 12.2. The molecule has 4 rings (SSSR count). The maximum atomic E-state index is 12.2. The standard InChI is InChI=1S/C23H21N3O4/c1-14(22(28)18(12-24)23-25-19-7-2-3-8-20(19)26-23)30-21(27)13-29-17-10-9-15-5-4-6-16(15)11-17/h2-3,7-11,14,28H,4-6,13H2,1H3,(H,25,26)/b22-18-/t14-/m1/s1. The van der Waals surface area contributed by atoms with E-state index in [1.54, 1.807) is 6.07 Å². The molecule has 0 radical (unpaired) electrons. The molecule has 7 nitrogen and oxygen atoms in total. The molecule has 2 N–H and O–H groups in total. The van der Waals surface area contributed by atoms with Gasteiger partial charge in [-0.3, -0.25) is 0 Å². The number of benzene rings is 2. The second kappa shape index (κ2) is 8.29. The Morgan fingerprint density at radius 3 is 2.87 bits per heavy atom. The molecular weight excluding hydrogens is 382 g/mol. The summed E-state index contributed by atoms with van der Waals surface area (Å²) >= 11 is 0. The molecule has 0 aliphatic heterocycles. The van der Waals surface area contributed by atoms with Gasteiger partial charge in [0.15, 0.2) is 24.3 Å². The number of nitriles is 1. The first-order valence-electron chi connectivity index (χ1n) is 9.77. The quantitative estimate of drug-likeness (QED) is 0.368. The molecular formula is C23H21N3O4. The van der Waals surface area contributed by atoms with Crippen LogP contribution in [0.15, 0.2) is 48.2 Å². The van der Waals surface area contributed by atoms with Crippen molar-refractivity contribution in [3.63, 3.8) is 0 Å². The second-order valence-electron chi connectivity index (χ2n) is 7.18. The van der Waals surface area contributed by atoms with E-state index >= 15 is 0 Å². The number of fused-ring (bicyclic) bond motifs is 2. The molecule has 7 heteroatoms. The fourth-order valence-corrected chi connectivity index (χ4v) is 3.57.